The maximum absolute atomic E-state index is 6.16. The summed E-state index contributed by atoms with van der Waals surface area (Å²) >= 11 is 3.52. The number of benzene rings is 1. The fourth-order valence-electron chi connectivity index (χ4n) is 2.60. The lowest BCUT2D eigenvalue weighted by atomic mass is 9.96. The summed E-state index contributed by atoms with van der Waals surface area (Å²) in [5.41, 5.74) is 9.51. The van der Waals surface area contributed by atoms with Crippen molar-refractivity contribution in [3.8, 4) is 0 Å². The third-order valence-corrected chi connectivity index (χ3v) is 4.04. The summed E-state index contributed by atoms with van der Waals surface area (Å²) in [6, 6.07) is 6.96. The minimum Gasteiger partial charge on any atom is -0.327 e. The number of fused-ring (bicyclic) bond motifs is 2. The van der Waals surface area contributed by atoms with Crippen LogP contribution in [0, 0.1) is 0 Å². The Balaban J connectivity index is 2.19. The summed E-state index contributed by atoms with van der Waals surface area (Å²) in [7, 11) is 0. The molecule has 2 heteroatoms. The Bertz CT molecular complexity index is 368. The summed E-state index contributed by atoms with van der Waals surface area (Å²) in [6.45, 7) is 0. The zero-order chi connectivity index (χ0) is 9.05. The molecule has 0 saturated heterocycles. The molecule has 2 N–H and O–H groups in total. The molecule has 13 heavy (non-hydrogen) atoms. The summed E-state index contributed by atoms with van der Waals surface area (Å²) in [6.07, 6.45) is 3.65. The van der Waals surface area contributed by atoms with E-state index in [1.807, 2.05) is 0 Å². The van der Waals surface area contributed by atoms with Crippen LogP contribution >= 0.6 is 15.9 Å². The van der Waals surface area contributed by atoms with Gasteiger partial charge in [-0.2, -0.15) is 0 Å². The smallest absolute Gasteiger partial charge is 0.0178 e. The van der Waals surface area contributed by atoms with Crippen LogP contribution in [-0.2, 0) is 11.8 Å². The van der Waals surface area contributed by atoms with E-state index in [0.29, 0.717) is 11.5 Å². The van der Waals surface area contributed by atoms with Gasteiger partial charge >= 0.3 is 0 Å². The normalized spacial score (nSPS) is 27.7. The minimum absolute atomic E-state index is 0.372. The molecule has 0 heterocycles. The standard InChI is InChI=1S/C11H12BrN/c12-8-2-1-7-5-10(13)11(3-4-11)9(7)6-8/h1-2,6,10H,3-5,13H2. The van der Waals surface area contributed by atoms with Crippen molar-refractivity contribution in [1.29, 1.82) is 0 Å². The van der Waals surface area contributed by atoms with Gasteiger partial charge in [-0.15, -0.1) is 0 Å². The number of nitrogens with two attached hydrogens (primary N) is 1. The van der Waals surface area contributed by atoms with E-state index in [-0.39, 0.29) is 0 Å². The highest BCUT2D eigenvalue weighted by Crippen LogP contribution is 2.56. The molecule has 1 fully saturated rings. The van der Waals surface area contributed by atoms with Gasteiger partial charge in [0.25, 0.3) is 0 Å². The van der Waals surface area contributed by atoms with E-state index < -0.39 is 0 Å². The Hall–Kier alpha value is -0.340. The number of halogens is 1. The second kappa shape index (κ2) is 2.37. The summed E-state index contributed by atoms with van der Waals surface area (Å²) < 4.78 is 1.19. The minimum atomic E-state index is 0.372. The largest absolute Gasteiger partial charge is 0.327 e. The summed E-state index contributed by atoms with van der Waals surface area (Å²) in [5, 5.41) is 0. The van der Waals surface area contributed by atoms with Crippen molar-refractivity contribution in [2.75, 3.05) is 0 Å². The first-order chi connectivity index (χ1) is 6.22. The third kappa shape index (κ3) is 0.960. The zero-order valence-corrected chi connectivity index (χ0v) is 8.97. The van der Waals surface area contributed by atoms with Crippen LogP contribution in [0.3, 0.4) is 0 Å². The van der Waals surface area contributed by atoms with Crippen LogP contribution in [0.1, 0.15) is 24.0 Å². The van der Waals surface area contributed by atoms with E-state index in [2.05, 4.69) is 34.1 Å². The topological polar surface area (TPSA) is 26.0 Å². The zero-order valence-electron chi connectivity index (χ0n) is 7.39. The molecule has 68 valence electrons. The predicted octanol–water partition coefficient (Wildman–Crippen LogP) is 2.36. The van der Waals surface area contributed by atoms with Gasteiger partial charge in [-0.05, 0) is 42.5 Å². The lowest BCUT2D eigenvalue weighted by molar-refractivity contribution is 0.563. The van der Waals surface area contributed by atoms with Gasteiger partial charge in [0.1, 0.15) is 0 Å². The van der Waals surface area contributed by atoms with Crippen LogP contribution in [-0.4, -0.2) is 6.04 Å². The highest BCUT2D eigenvalue weighted by Gasteiger charge is 2.53. The summed E-state index contributed by atoms with van der Waals surface area (Å²) in [5.74, 6) is 0. The maximum Gasteiger partial charge on any atom is 0.0178 e. The first-order valence-electron chi connectivity index (χ1n) is 4.77. The van der Waals surface area contributed by atoms with E-state index >= 15 is 0 Å². The average molecular weight is 238 g/mol. The van der Waals surface area contributed by atoms with Crippen LogP contribution < -0.4 is 5.73 Å². The van der Waals surface area contributed by atoms with Crippen molar-refractivity contribution in [3.63, 3.8) is 0 Å². The third-order valence-electron chi connectivity index (χ3n) is 3.55. The molecule has 2 aliphatic rings. The fourth-order valence-corrected chi connectivity index (χ4v) is 2.96. The molecule has 3 rings (SSSR count). The van der Waals surface area contributed by atoms with Gasteiger partial charge in [0.15, 0.2) is 0 Å². The number of hydrogen-bond acceptors (Lipinski definition) is 1. The lowest BCUT2D eigenvalue weighted by Crippen LogP contribution is -2.30. The molecule has 0 aromatic heterocycles. The number of hydrogen-bond donors (Lipinski definition) is 1. The Morgan fingerprint density at radius 3 is 2.85 bits per heavy atom. The van der Waals surface area contributed by atoms with Gasteiger partial charge in [-0.3, -0.25) is 0 Å². The van der Waals surface area contributed by atoms with Crippen molar-refractivity contribution in [2.45, 2.75) is 30.7 Å². The highest BCUT2D eigenvalue weighted by atomic mass is 79.9. The second-order valence-electron chi connectivity index (χ2n) is 4.27. The molecule has 1 unspecified atom stereocenters. The average Bonchev–Trinajstić information content (AvgIpc) is 2.83. The molecular weight excluding hydrogens is 226 g/mol. The van der Waals surface area contributed by atoms with Crippen LogP contribution in [0.5, 0.6) is 0 Å². The molecule has 1 atom stereocenters. The Labute approximate surface area is 86.5 Å². The van der Waals surface area contributed by atoms with Gasteiger partial charge in [-0.25, -0.2) is 0 Å². The molecule has 1 spiro atoms. The summed E-state index contributed by atoms with van der Waals surface area (Å²) in [4.78, 5) is 0. The molecule has 0 aliphatic heterocycles. The van der Waals surface area contributed by atoms with Crippen LogP contribution in [0.15, 0.2) is 22.7 Å². The van der Waals surface area contributed by atoms with Gasteiger partial charge in [0, 0.05) is 15.9 Å². The Morgan fingerprint density at radius 2 is 2.15 bits per heavy atom. The van der Waals surface area contributed by atoms with Crippen molar-refractivity contribution in [1.82, 2.24) is 0 Å². The van der Waals surface area contributed by atoms with E-state index in [0.717, 1.165) is 6.42 Å². The van der Waals surface area contributed by atoms with E-state index in [4.69, 9.17) is 5.73 Å². The lowest BCUT2D eigenvalue weighted by Gasteiger charge is -2.13. The maximum atomic E-state index is 6.16. The predicted molar refractivity (Wildman–Crippen MR) is 56.7 cm³/mol. The van der Waals surface area contributed by atoms with Gasteiger partial charge in [0.05, 0.1) is 0 Å². The van der Waals surface area contributed by atoms with Crippen molar-refractivity contribution >= 4 is 15.9 Å². The first-order valence-corrected chi connectivity index (χ1v) is 5.56. The van der Waals surface area contributed by atoms with Gasteiger partial charge < -0.3 is 5.73 Å². The van der Waals surface area contributed by atoms with Gasteiger partial charge in [-0.1, -0.05) is 22.0 Å². The molecule has 1 saturated carbocycles. The molecule has 1 aromatic rings. The van der Waals surface area contributed by atoms with Crippen molar-refractivity contribution < 1.29 is 0 Å². The highest BCUT2D eigenvalue weighted by molar-refractivity contribution is 9.10. The molecule has 0 bridgehead atoms. The Morgan fingerprint density at radius 1 is 1.38 bits per heavy atom. The SMILES string of the molecule is NC1Cc2ccc(Br)cc2C12CC2. The van der Waals surface area contributed by atoms with Crippen molar-refractivity contribution in [3.05, 3.63) is 33.8 Å². The monoisotopic (exact) mass is 237 g/mol. The number of rotatable bonds is 0. The molecular formula is C11H12BrN. The molecule has 0 amide bonds. The van der Waals surface area contributed by atoms with E-state index in [1.54, 1.807) is 0 Å². The van der Waals surface area contributed by atoms with Crippen LogP contribution in [0.4, 0.5) is 0 Å². The van der Waals surface area contributed by atoms with Crippen LogP contribution in [0.2, 0.25) is 0 Å². The molecule has 0 radical (unpaired) electrons. The Kier molecular flexibility index (Phi) is 1.46. The van der Waals surface area contributed by atoms with E-state index in [1.165, 1.54) is 28.4 Å². The first kappa shape index (κ1) is 8.01. The molecule has 2 aliphatic carbocycles. The van der Waals surface area contributed by atoms with Crippen molar-refractivity contribution in [2.24, 2.45) is 5.73 Å². The second-order valence-corrected chi connectivity index (χ2v) is 5.18. The quantitative estimate of drug-likeness (QED) is 0.737. The van der Waals surface area contributed by atoms with E-state index in [9.17, 15) is 0 Å². The van der Waals surface area contributed by atoms with Crippen LogP contribution in [0.25, 0.3) is 0 Å². The fraction of sp³-hybridized carbons (Fsp3) is 0.455. The van der Waals surface area contributed by atoms with Gasteiger partial charge in [0.2, 0.25) is 0 Å². The molecule has 1 nitrogen and oxygen atoms in total. The molecule has 1 aromatic carbocycles.